The Morgan fingerprint density at radius 3 is 2.37 bits per heavy atom. The Kier molecular flexibility index (Phi) is 6.05. The molecule has 2 aromatic carbocycles. The van der Waals surface area contributed by atoms with Crippen molar-refractivity contribution in [3.05, 3.63) is 84.3 Å². The second-order valence-electron chi connectivity index (χ2n) is 6.10. The molecule has 0 spiro atoms. The number of esters is 1. The van der Waals surface area contributed by atoms with E-state index in [2.05, 4.69) is 5.32 Å². The molecule has 3 rings (SSSR count). The Hall–Kier alpha value is -3.34. The number of nitrogens with one attached hydrogen (secondary N) is 1. The second kappa shape index (κ2) is 8.85. The predicted octanol–water partition coefficient (Wildman–Crippen LogP) is 3.85. The molecule has 5 nitrogen and oxygen atoms in total. The van der Waals surface area contributed by atoms with Crippen molar-refractivity contribution in [3.8, 4) is 11.1 Å². The molecule has 3 aromatic rings. The van der Waals surface area contributed by atoms with Gasteiger partial charge in [-0.25, -0.2) is 4.79 Å². The molecule has 1 aromatic heterocycles. The standard InChI is InChI=1S/C22H21NO4/c1-16(21(24)23-14-12-17-8-4-2-5-9-17)27-22(25)20-19(13-15-26-20)18-10-6-3-7-11-18/h2-11,13,15-16H,12,14H2,1H3,(H,23,24). The summed E-state index contributed by atoms with van der Waals surface area (Å²) in [5, 5.41) is 2.78. The van der Waals surface area contributed by atoms with Gasteiger partial charge in [-0.15, -0.1) is 0 Å². The average Bonchev–Trinajstić information content (AvgIpc) is 3.19. The smallest absolute Gasteiger partial charge is 0.375 e. The minimum atomic E-state index is -0.915. The van der Waals surface area contributed by atoms with E-state index in [9.17, 15) is 9.59 Å². The van der Waals surface area contributed by atoms with Gasteiger partial charge >= 0.3 is 5.97 Å². The SMILES string of the molecule is CC(OC(=O)c1occc1-c1ccccc1)C(=O)NCCc1ccccc1. The molecule has 1 amide bonds. The molecule has 0 bridgehead atoms. The quantitative estimate of drug-likeness (QED) is 0.648. The molecule has 1 unspecified atom stereocenters. The maximum atomic E-state index is 12.4. The normalized spacial score (nSPS) is 11.6. The van der Waals surface area contributed by atoms with Crippen molar-refractivity contribution in [1.82, 2.24) is 5.32 Å². The first-order valence-electron chi connectivity index (χ1n) is 8.80. The molecule has 1 heterocycles. The van der Waals surface area contributed by atoms with Crippen molar-refractivity contribution in [1.29, 1.82) is 0 Å². The van der Waals surface area contributed by atoms with E-state index in [1.165, 1.54) is 6.26 Å². The van der Waals surface area contributed by atoms with E-state index in [0.29, 0.717) is 18.5 Å². The fourth-order valence-corrected chi connectivity index (χ4v) is 2.70. The minimum absolute atomic E-state index is 0.0881. The van der Waals surface area contributed by atoms with Gasteiger partial charge in [-0.05, 0) is 30.5 Å². The number of ether oxygens (including phenoxy) is 1. The van der Waals surface area contributed by atoms with Gasteiger partial charge < -0.3 is 14.5 Å². The van der Waals surface area contributed by atoms with Crippen LogP contribution in [0.2, 0.25) is 0 Å². The molecule has 138 valence electrons. The van der Waals surface area contributed by atoms with Crippen LogP contribution in [0.3, 0.4) is 0 Å². The molecule has 0 fully saturated rings. The van der Waals surface area contributed by atoms with Crippen LogP contribution in [0.5, 0.6) is 0 Å². The van der Waals surface area contributed by atoms with E-state index in [4.69, 9.17) is 9.15 Å². The number of hydrogen-bond donors (Lipinski definition) is 1. The van der Waals surface area contributed by atoms with Crippen LogP contribution in [0, 0.1) is 0 Å². The van der Waals surface area contributed by atoms with Gasteiger partial charge in [-0.2, -0.15) is 0 Å². The first-order valence-corrected chi connectivity index (χ1v) is 8.80. The molecular weight excluding hydrogens is 342 g/mol. The van der Waals surface area contributed by atoms with Gasteiger partial charge in [-0.1, -0.05) is 60.7 Å². The number of furan rings is 1. The van der Waals surface area contributed by atoms with Crippen LogP contribution >= 0.6 is 0 Å². The predicted molar refractivity (Wildman–Crippen MR) is 102 cm³/mol. The van der Waals surface area contributed by atoms with Gasteiger partial charge in [0, 0.05) is 12.1 Å². The van der Waals surface area contributed by atoms with E-state index in [-0.39, 0.29) is 11.7 Å². The molecule has 0 aliphatic heterocycles. The third-order valence-corrected chi connectivity index (χ3v) is 4.14. The molecule has 0 aliphatic carbocycles. The Balaban J connectivity index is 1.55. The summed E-state index contributed by atoms with van der Waals surface area (Å²) in [4.78, 5) is 24.6. The number of hydrogen-bond acceptors (Lipinski definition) is 4. The van der Waals surface area contributed by atoms with Crippen LogP contribution < -0.4 is 5.32 Å². The summed E-state index contributed by atoms with van der Waals surface area (Å²) >= 11 is 0. The Labute approximate surface area is 158 Å². The first-order chi connectivity index (χ1) is 13.1. The molecule has 5 heteroatoms. The van der Waals surface area contributed by atoms with Crippen molar-refractivity contribution in [3.63, 3.8) is 0 Å². The molecule has 1 atom stereocenters. The summed E-state index contributed by atoms with van der Waals surface area (Å²) in [6.45, 7) is 2.02. The van der Waals surface area contributed by atoms with Crippen LogP contribution in [-0.4, -0.2) is 24.5 Å². The van der Waals surface area contributed by atoms with Crippen molar-refractivity contribution >= 4 is 11.9 Å². The summed E-state index contributed by atoms with van der Waals surface area (Å²) in [5.41, 5.74) is 2.61. The fourth-order valence-electron chi connectivity index (χ4n) is 2.70. The van der Waals surface area contributed by atoms with Gasteiger partial charge in [-0.3, -0.25) is 4.79 Å². The maximum absolute atomic E-state index is 12.4. The molecule has 1 N–H and O–H groups in total. The minimum Gasteiger partial charge on any atom is -0.457 e. The summed E-state index contributed by atoms with van der Waals surface area (Å²) in [7, 11) is 0. The first kappa shape index (κ1) is 18.5. The van der Waals surface area contributed by atoms with Gasteiger partial charge in [0.25, 0.3) is 5.91 Å². The van der Waals surface area contributed by atoms with Gasteiger partial charge in [0.2, 0.25) is 5.76 Å². The Bertz CT molecular complexity index is 887. The molecule has 0 saturated carbocycles. The van der Waals surface area contributed by atoms with E-state index in [1.54, 1.807) is 13.0 Å². The summed E-state index contributed by atoms with van der Waals surface area (Å²) in [6.07, 6.45) is 1.23. The number of rotatable bonds is 7. The topological polar surface area (TPSA) is 68.5 Å². The monoisotopic (exact) mass is 363 g/mol. The van der Waals surface area contributed by atoms with E-state index < -0.39 is 12.1 Å². The van der Waals surface area contributed by atoms with E-state index in [0.717, 1.165) is 11.1 Å². The van der Waals surface area contributed by atoms with Crippen LogP contribution in [0.1, 0.15) is 23.0 Å². The maximum Gasteiger partial charge on any atom is 0.375 e. The molecule has 0 radical (unpaired) electrons. The molecule has 0 saturated heterocycles. The number of carbonyl (C=O) groups is 2. The summed E-state index contributed by atoms with van der Waals surface area (Å²) < 4.78 is 10.6. The van der Waals surface area contributed by atoms with Crippen LogP contribution in [0.25, 0.3) is 11.1 Å². The third kappa shape index (κ3) is 4.85. The van der Waals surface area contributed by atoms with E-state index >= 15 is 0 Å². The van der Waals surface area contributed by atoms with Crippen LogP contribution in [0.15, 0.2) is 77.4 Å². The zero-order valence-electron chi connectivity index (χ0n) is 15.1. The third-order valence-electron chi connectivity index (χ3n) is 4.14. The zero-order chi connectivity index (χ0) is 19.1. The van der Waals surface area contributed by atoms with E-state index in [1.807, 2.05) is 60.7 Å². The largest absolute Gasteiger partial charge is 0.457 e. The number of carbonyl (C=O) groups excluding carboxylic acids is 2. The fraction of sp³-hybridized carbons (Fsp3) is 0.182. The Morgan fingerprint density at radius 2 is 1.67 bits per heavy atom. The lowest BCUT2D eigenvalue weighted by atomic mass is 10.1. The van der Waals surface area contributed by atoms with Crippen LogP contribution in [-0.2, 0) is 16.0 Å². The van der Waals surface area contributed by atoms with Gasteiger partial charge in [0.1, 0.15) is 0 Å². The highest BCUT2D eigenvalue weighted by atomic mass is 16.6. The van der Waals surface area contributed by atoms with Crippen molar-refractivity contribution < 1.29 is 18.7 Å². The summed E-state index contributed by atoms with van der Waals surface area (Å²) in [6, 6.07) is 20.9. The highest BCUT2D eigenvalue weighted by molar-refractivity contribution is 5.96. The van der Waals surface area contributed by atoms with Gasteiger partial charge in [0.05, 0.1) is 6.26 Å². The molecule has 0 aliphatic rings. The Morgan fingerprint density at radius 1 is 1.00 bits per heavy atom. The highest BCUT2D eigenvalue weighted by Gasteiger charge is 2.23. The molecule has 27 heavy (non-hydrogen) atoms. The number of benzene rings is 2. The highest BCUT2D eigenvalue weighted by Crippen LogP contribution is 2.25. The van der Waals surface area contributed by atoms with Crippen LogP contribution in [0.4, 0.5) is 0 Å². The van der Waals surface area contributed by atoms with Crippen molar-refractivity contribution in [2.45, 2.75) is 19.4 Å². The molecular formula is C22H21NO4. The summed E-state index contributed by atoms with van der Waals surface area (Å²) in [5.74, 6) is -0.915. The lowest BCUT2D eigenvalue weighted by Gasteiger charge is -2.13. The van der Waals surface area contributed by atoms with Crippen molar-refractivity contribution in [2.24, 2.45) is 0 Å². The number of amides is 1. The van der Waals surface area contributed by atoms with Gasteiger partial charge in [0.15, 0.2) is 6.10 Å². The average molecular weight is 363 g/mol. The zero-order valence-corrected chi connectivity index (χ0v) is 15.1. The van der Waals surface area contributed by atoms with Crippen molar-refractivity contribution in [2.75, 3.05) is 6.54 Å². The second-order valence-corrected chi connectivity index (χ2v) is 6.10. The lowest BCUT2D eigenvalue weighted by Crippen LogP contribution is -2.36. The lowest BCUT2D eigenvalue weighted by molar-refractivity contribution is -0.129.